The zero-order valence-electron chi connectivity index (χ0n) is 8.78. The van der Waals surface area contributed by atoms with Gasteiger partial charge in [0.15, 0.2) is 0 Å². The molecule has 1 aliphatic heterocycles. The molecule has 0 saturated carbocycles. The van der Waals surface area contributed by atoms with Crippen LogP contribution in [0.5, 0.6) is 0 Å². The van der Waals surface area contributed by atoms with E-state index in [0.717, 1.165) is 37.2 Å². The van der Waals surface area contributed by atoms with Gasteiger partial charge in [0.1, 0.15) is 6.61 Å². The van der Waals surface area contributed by atoms with Crippen LogP contribution in [0, 0.1) is 0 Å². The average molecular weight is 204 g/mol. The van der Waals surface area contributed by atoms with Crippen molar-refractivity contribution in [2.75, 3.05) is 13.1 Å². The van der Waals surface area contributed by atoms with Gasteiger partial charge >= 0.3 is 0 Å². The van der Waals surface area contributed by atoms with Crippen LogP contribution in [0.1, 0.15) is 18.4 Å². The molecule has 0 amide bonds. The topological polar surface area (TPSA) is 33.6 Å². The molecule has 0 unspecified atom stereocenters. The first-order chi connectivity index (χ1) is 7.45. The molecular formula is C12H16N2O. The van der Waals surface area contributed by atoms with E-state index in [2.05, 4.69) is 10.5 Å². The molecule has 1 N–H and O–H groups in total. The second-order valence-electron chi connectivity index (χ2n) is 3.70. The summed E-state index contributed by atoms with van der Waals surface area (Å²) in [6.45, 7) is 2.52. The van der Waals surface area contributed by atoms with E-state index in [1.807, 2.05) is 30.3 Å². The molecular weight excluding hydrogens is 188 g/mol. The molecule has 15 heavy (non-hydrogen) atoms. The number of benzene rings is 1. The summed E-state index contributed by atoms with van der Waals surface area (Å²) in [7, 11) is 0. The number of piperidine rings is 1. The molecule has 2 rings (SSSR count). The van der Waals surface area contributed by atoms with Crippen molar-refractivity contribution in [2.45, 2.75) is 19.4 Å². The molecule has 0 aromatic heterocycles. The van der Waals surface area contributed by atoms with Crippen molar-refractivity contribution in [1.82, 2.24) is 5.32 Å². The van der Waals surface area contributed by atoms with Gasteiger partial charge in [0.05, 0.1) is 5.71 Å². The van der Waals surface area contributed by atoms with Gasteiger partial charge in [0.25, 0.3) is 0 Å². The maximum atomic E-state index is 5.31. The summed E-state index contributed by atoms with van der Waals surface area (Å²) in [5, 5.41) is 7.41. The van der Waals surface area contributed by atoms with Crippen molar-refractivity contribution in [3.05, 3.63) is 35.9 Å². The summed E-state index contributed by atoms with van der Waals surface area (Å²) in [5.41, 5.74) is 2.28. The van der Waals surface area contributed by atoms with Crippen molar-refractivity contribution in [3.63, 3.8) is 0 Å². The molecule has 1 aromatic carbocycles. The van der Waals surface area contributed by atoms with E-state index in [1.165, 1.54) is 0 Å². The highest BCUT2D eigenvalue weighted by molar-refractivity contribution is 5.86. The van der Waals surface area contributed by atoms with Gasteiger partial charge in [0, 0.05) is 6.54 Å². The van der Waals surface area contributed by atoms with Crippen molar-refractivity contribution in [2.24, 2.45) is 5.16 Å². The molecule has 3 nitrogen and oxygen atoms in total. The van der Waals surface area contributed by atoms with E-state index >= 15 is 0 Å². The minimum absolute atomic E-state index is 0.560. The smallest absolute Gasteiger partial charge is 0.142 e. The summed E-state index contributed by atoms with van der Waals surface area (Å²) < 4.78 is 0. The van der Waals surface area contributed by atoms with Crippen LogP contribution in [0.2, 0.25) is 0 Å². The summed E-state index contributed by atoms with van der Waals surface area (Å²) in [5.74, 6) is 0. The molecule has 0 spiro atoms. The molecule has 1 heterocycles. The average Bonchev–Trinajstić information content (AvgIpc) is 2.32. The Kier molecular flexibility index (Phi) is 3.74. The molecule has 0 bridgehead atoms. The SMILES string of the molecule is c1ccc(CO/N=C2/CCCNC2)cc1. The maximum absolute atomic E-state index is 5.31. The van der Waals surface area contributed by atoms with Gasteiger partial charge in [-0.1, -0.05) is 35.5 Å². The monoisotopic (exact) mass is 204 g/mol. The highest BCUT2D eigenvalue weighted by Crippen LogP contribution is 2.03. The molecule has 0 atom stereocenters. The predicted molar refractivity (Wildman–Crippen MR) is 60.8 cm³/mol. The molecule has 1 aliphatic rings. The lowest BCUT2D eigenvalue weighted by molar-refractivity contribution is 0.129. The van der Waals surface area contributed by atoms with Crippen molar-refractivity contribution >= 4 is 5.71 Å². The second kappa shape index (κ2) is 5.51. The van der Waals surface area contributed by atoms with E-state index in [0.29, 0.717) is 6.61 Å². The van der Waals surface area contributed by atoms with Crippen LogP contribution in [0.3, 0.4) is 0 Å². The van der Waals surface area contributed by atoms with E-state index in [4.69, 9.17) is 4.84 Å². The summed E-state index contributed by atoms with van der Waals surface area (Å²) >= 11 is 0. The molecule has 3 heteroatoms. The predicted octanol–water partition coefficient (Wildman–Crippen LogP) is 1.94. The fourth-order valence-electron chi connectivity index (χ4n) is 1.59. The van der Waals surface area contributed by atoms with Crippen molar-refractivity contribution in [3.8, 4) is 0 Å². The lowest BCUT2D eigenvalue weighted by Gasteiger charge is -2.13. The third-order valence-corrected chi connectivity index (χ3v) is 2.42. The Morgan fingerprint density at radius 1 is 1.27 bits per heavy atom. The highest BCUT2D eigenvalue weighted by atomic mass is 16.6. The van der Waals surface area contributed by atoms with Crippen molar-refractivity contribution < 1.29 is 4.84 Å². The number of hydrogen-bond donors (Lipinski definition) is 1. The van der Waals surface area contributed by atoms with Gasteiger partial charge in [-0.25, -0.2) is 0 Å². The number of nitrogens with zero attached hydrogens (tertiary/aromatic N) is 1. The van der Waals surface area contributed by atoms with Gasteiger partial charge in [-0.3, -0.25) is 0 Å². The Bertz CT molecular complexity index is 314. The van der Waals surface area contributed by atoms with Gasteiger partial charge in [-0.05, 0) is 24.9 Å². The Labute approximate surface area is 90.1 Å². The normalized spacial score (nSPS) is 19.1. The number of rotatable bonds is 3. The minimum Gasteiger partial charge on any atom is -0.391 e. The molecule has 1 fully saturated rings. The Balaban J connectivity index is 1.78. The summed E-state index contributed by atoms with van der Waals surface area (Å²) in [6, 6.07) is 10.1. The molecule has 1 saturated heterocycles. The summed E-state index contributed by atoms with van der Waals surface area (Å²) in [4.78, 5) is 5.31. The van der Waals surface area contributed by atoms with Gasteiger partial charge in [0.2, 0.25) is 0 Å². The van der Waals surface area contributed by atoms with Crippen LogP contribution in [-0.4, -0.2) is 18.8 Å². The van der Waals surface area contributed by atoms with Crippen molar-refractivity contribution in [1.29, 1.82) is 0 Å². The van der Waals surface area contributed by atoms with E-state index in [9.17, 15) is 0 Å². The largest absolute Gasteiger partial charge is 0.391 e. The first-order valence-electron chi connectivity index (χ1n) is 5.37. The van der Waals surface area contributed by atoms with Crippen LogP contribution in [0.4, 0.5) is 0 Å². The Morgan fingerprint density at radius 3 is 2.87 bits per heavy atom. The molecule has 1 aromatic rings. The van der Waals surface area contributed by atoms with Gasteiger partial charge in [-0.2, -0.15) is 0 Å². The third-order valence-electron chi connectivity index (χ3n) is 2.42. The first kappa shape index (κ1) is 10.2. The summed E-state index contributed by atoms with van der Waals surface area (Å²) in [6.07, 6.45) is 2.22. The fraction of sp³-hybridized carbons (Fsp3) is 0.417. The Hall–Kier alpha value is -1.35. The third kappa shape index (κ3) is 3.36. The molecule has 0 aliphatic carbocycles. The fourth-order valence-corrected chi connectivity index (χ4v) is 1.59. The highest BCUT2D eigenvalue weighted by Gasteiger charge is 2.05. The number of nitrogens with one attached hydrogen (secondary N) is 1. The van der Waals surface area contributed by atoms with Crippen LogP contribution in [0.15, 0.2) is 35.5 Å². The van der Waals surface area contributed by atoms with Crippen LogP contribution >= 0.6 is 0 Å². The van der Waals surface area contributed by atoms with Gasteiger partial charge in [-0.15, -0.1) is 0 Å². The van der Waals surface area contributed by atoms with E-state index in [-0.39, 0.29) is 0 Å². The molecule has 80 valence electrons. The second-order valence-corrected chi connectivity index (χ2v) is 3.70. The van der Waals surface area contributed by atoms with Gasteiger partial charge < -0.3 is 10.2 Å². The van der Waals surface area contributed by atoms with E-state index in [1.54, 1.807) is 0 Å². The van der Waals surface area contributed by atoms with Crippen LogP contribution < -0.4 is 5.32 Å². The number of hydrogen-bond acceptors (Lipinski definition) is 3. The maximum Gasteiger partial charge on any atom is 0.142 e. The lowest BCUT2D eigenvalue weighted by Crippen LogP contribution is -2.30. The Morgan fingerprint density at radius 2 is 2.13 bits per heavy atom. The first-order valence-corrected chi connectivity index (χ1v) is 5.37. The standard InChI is InChI=1S/C12H16N2O/c1-2-5-11(6-3-1)10-15-14-12-7-4-8-13-9-12/h1-3,5-6,13H,4,7-10H2/b14-12-. The molecule has 0 radical (unpaired) electrons. The zero-order valence-corrected chi connectivity index (χ0v) is 8.78. The lowest BCUT2D eigenvalue weighted by atomic mass is 10.1. The van der Waals surface area contributed by atoms with E-state index < -0.39 is 0 Å². The van der Waals surface area contributed by atoms with Crippen LogP contribution in [0.25, 0.3) is 0 Å². The number of oxime groups is 1. The van der Waals surface area contributed by atoms with Crippen LogP contribution in [-0.2, 0) is 11.4 Å². The quantitative estimate of drug-likeness (QED) is 0.763. The zero-order chi connectivity index (χ0) is 10.3. The minimum atomic E-state index is 0.560.